The van der Waals surface area contributed by atoms with Crippen LogP contribution >= 0.6 is 11.6 Å². The van der Waals surface area contributed by atoms with Gasteiger partial charge < -0.3 is 14.6 Å². The van der Waals surface area contributed by atoms with Gasteiger partial charge in [0.2, 0.25) is 5.91 Å². The molecule has 2 aromatic heterocycles. The Kier molecular flexibility index (Phi) is 6.88. The van der Waals surface area contributed by atoms with Crippen molar-refractivity contribution in [3.05, 3.63) is 34.7 Å². The average molecular weight is 391 g/mol. The molecule has 0 fully saturated rings. The highest BCUT2D eigenvalue weighted by Crippen LogP contribution is 2.32. The fourth-order valence-electron chi connectivity index (χ4n) is 2.65. The van der Waals surface area contributed by atoms with E-state index in [4.69, 9.17) is 11.6 Å². The molecule has 2 heterocycles. The number of nitrogens with zero attached hydrogens (tertiary/aromatic N) is 3. The molecule has 2 rings (SSSR count). The number of fused-ring (bicyclic) bond motifs is 1. The van der Waals surface area contributed by atoms with E-state index in [1.54, 1.807) is 0 Å². The van der Waals surface area contributed by atoms with Crippen LogP contribution in [0.1, 0.15) is 31.5 Å². The zero-order valence-corrected chi connectivity index (χ0v) is 15.5. The van der Waals surface area contributed by atoms with Crippen LogP contribution in [0.2, 0.25) is 5.02 Å². The predicted molar refractivity (Wildman–Crippen MR) is 94.3 cm³/mol. The van der Waals surface area contributed by atoms with Crippen LogP contribution in [0.3, 0.4) is 0 Å². The van der Waals surface area contributed by atoms with Crippen LogP contribution in [-0.4, -0.2) is 46.4 Å². The van der Waals surface area contributed by atoms with Gasteiger partial charge in [-0.3, -0.25) is 4.79 Å². The Morgan fingerprint density at radius 3 is 2.62 bits per heavy atom. The van der Waals surface area contributed by atoms with E-state index in [-0.39, 0.29) is 23.0 Å². The Bertz CT molecular complexity index is 756. The van der Waals surface area contributed by atoms with Gasteiger partial charge in [0.05, 0.1) is 22.7 Å². The van der Waals surface area contributed by atoms with Gasteiger partial charge in [-0.05, 0) is 32.1 Å². The number of amides is 1. The first kappa shape index (κ1) is 20.5. The molecule has 1 amide bonds. The van der Waals surface area contributed by atoms with Gasteiger partial charge in [-0.15, -0.1) is 0 Å². The fourth-order valence-corrected chi connectivity index (χ4v) is 2.90. The molecule has 26 heavy (non-hydrogen) atoms. The zero-order valence-electron chi connectivity index (χ0n) is 14.7. The van der Waals surface area contributed by atoms with Gasteiger partial charge in [-0.25, -0.2) is 4.98 Å². The number of hydrogen-bond acceptors (Lipinski definition) is 3. The smallest absolute Gasteiger partial charge is 0.356 e. The summed E-state index contributed by atoms with van der Waals surface area (Å²) in [7, 11) is 0. The molecule has 1 N–H and O–H groups in total. The number of aromatic nitrogens is 2. The number of carbonyl (C=O) groups excluding carboxylic acids is 1. The Morgan fingerprint density at radius 2 is 2.00 bits per heavy atom. The van der Waals surface area contributed by atoms with Crippen LogP contribution < -0.4 is 5.32 Å². The molecule has 0 spiro atoms. The minimum atomic E-state index is -4.50. The summed E-state index contributed by atoms with van der Waals surface area (Å²) in [5.74, 6) is -0.222. The molecule has 0 unspecified atom stereocenters. The van der Waals surface area contributed by atoms with Gasteiger partial charge in [-0.1, -0.05) is 25.4 Å². The van der Waals surface area contributed by atoms with E-state index in [1.165, 1.54) is 10.6 Å². The Labute approximate surface area is 155 Å². The Morgan fingerprint density at radius 1 is 1.31 bits per heavy atom. The van der Waals surface area contributed by atoms with Gasteiger partial charge >= 0.3 is 6.18 Å². The van der Waals surface area contributed by atoms with E-state index in [2.05, 4.69) is 29.0 Å². The molecule has 0 bridgehead atoms. The molecule has 9 heteroatoms. The van der Waals surface area contributed by atoms with Gasteiger partial charge in [0.25, 0.3) is 0 Å². The second-order valence-corrected chi connectivity index (χ2v) is 6.35. The molecule has 0 saturated heterocycles. The van der Waals surface area contributed by atoms with Gasteiger partial charge in [0.1, 0.15) is 0 Å². The minimum Gasteiger partial charge on any atom is -0.356 e. The first-order chi connectivity index (χ1) is 12.2. The van der Waals surface area contributed by atoms with E-state index in [0.29, 0.717) is 12.2 Å². The van der Waals surface area contributed by atoms with Crippen LogP contribution in [0.5, 0.6) is 0 Å². The van der Waals surface area contributed by atoms with Crippen molar-refractivity contribution in [2.75, 3.05) is 26.2 Å². The highest BCUT2D eigenvalue weighted by molar-refractivity contribution is 6.33. The Hall–Kier alpha value is -1.80. The second kappa shape index (κ2) is 8.73. The number of carbonyl (C=O) groups is 1. The molecule has 0 atom stereocenters. The summed E-state index contributed by atoms with van der Waals surface area (Å²) in [4.78, 5) is 18.4. The summed E-state index contributed by atoms with van der Waals surface area (Å²) in [5.41, 5.74) is -0.295. The lowest BCUT2D eigenvalue weighted by molar-refractivity contribution is -0.137. The number of imidazole rings is 1. The van der Waals surface area contributed by atoms with Crippen LogP contribution in [0.4, 0.5) is 13.2 Å². The maximum atomic E-state index is 12.8. The van der Waals surface area contributed by atoms with Crippen molar-refractivity contribution in [1.29, 1.82) is 0 Å². The number of pyridine rings is 1. The number of hydrogen-bond donors (Lipinski definition) is 1. The third-order valence-corrected chi connectivity index (χ3v) is 4.37. The third kappa shape index (κ3) is 5.35. The average Bonchev–Trinajstić information content (AvgIpc) is 2.97. The maximum Gasteiger partial charge on any atom is 0.417 e. The Balaban J connectivity index is 1.96. The highest BCUT2D eigenvalue weighted by Gasteiger charge is 2.31. The summed E-state index contributed by atoms with van der Waals surface area (Å²) in [6.07, 6.45) is -1.36. The van der Waals surface area contributed by atoms with E-state index in [1.807, 2.05) is 0 Å². The lowest BCUT2D eigenvalue weighted by atomic mass is 10.3. The normalized spacial score (nSPS) is 12.1. The minimum absolute atomic E-state index is 0.00930. The lowest BCUT2D eigenvalue weighted by Crippen LogP contribution is -2.30. The highest BCUT2D eigenvalue weighted by atomic mass is 35.5. The van der Waals surface area contributed by atoms with Crippen molar-refractivity contribution < 1.29 is 18.0 Å². The number of nitrogens with one attached hydrogen (secondary N) is 1. The number of alkyl halides is 3. The van der Waals surface area contributed by atoms with Crippen LogP contribution in [0.25, 0.3) is 5.65 Å². The van der Waals surface area contributed by atoms with E-state index in [0.717, 1.165) is 38.3 Å². The molecule has 0 aliphatic heterocycles. The number of halogens is 4. The molecule has 5 nitrogen and oxygen atoms in total. The van der Waals surface area contributed by atoms with Crippen molar-refractivity contribution in [2.45, 2.75) is 32.9 Å². The summed E-state index contributed by atoms with van der Waals surface area (Å²) in [6, 6.07) is 0.834. The fraction of sp³-hybridized carbons (Fsp3) is 0.529. The summed E-state index contributed by atoms with van der Waals surface area (Å²) in [5, 5.41) is 2.70. The zero-order chi connectivity index (χ0) is 19.3. The van der Waals surface area contributed by atoms with Crippen molar-refractivity contribution >= 4 is 23.2 Å². The maximum absolute atomic E-state index is 12.8. The monoisotopic (exact) mass is 390 g/mol. The molecular weight excluding hydrogens is 369 g/mol. The summed E-state index contributed by atoms with van der Waals surface area (Å²) < 4.78 is 39.7. The molecular formula is C17H22ClF3N4O. The van der Waals surface area contributed by atoms with Crippen LogP contribution in [0.15, 0.2) is 18.5 Å². The molecule has 0 aliphatic carbocycles. The quantitative estimate of drug-likeness (QED) is 0.703. The molecule has 0 radical (unpaired) electrons. The first-order valence-corrected chi connectivity index (χ1v) is 8.85. The number of rotatable bonds is 8. The third-order valence-electron chi connectivity index (χ3n) is 4.09. The van der Waals surface area contributed by atoms with Gasteiger partial charge in [0.15, 0.2) is 5.65 Å². The lowest BCUT2D eigenvalue weighted by Gasteiger charge is -2.17. The van der Waals surface area contributed by atoms with Gasteiger partial charge in [0, 0.05) is 18.9 Å². The first-order valence-electron chi connectivity index (χ1n) is 8.48. The molecule has 0 saturated carbocycles. The van der Waals surface area contributed by atoms with E-state index in [9.17, 15) is 18.0 Å². The molecule has 2 aromatic rings. The second-order valence-electron chi connectivity index (χ2n) is 5.94. The molecule has 0 aliphatic rings. The van der Waals surface area contributed by atoms with Crippen molar-refractivity contribution in [3.63, 3.8) is 0 Å². The van der Waals surface area contributed by atoms with E-state index >= 15 is 0 Å². The standard InChI is InChI=1S/C17H22ClF3N4O/c1-3-24(4-2)7-5-6-22-15(26)9-13-11-25-10-12(17(19,20)21)8-14(18)16(25)23-13/h8,10-11H,3-7,9H2,1-2H3,(H,22,26). The summed E-state index contributed by atoms with van der Waals surface area (Å²) >= 11 is 5.89. The van der Waals surface area contributed by atoms with E-state index < -0.39 is 11.7 Å². The van der Waals surface area contributed by atoms with Crippen molar-refractivity contribution in [3.8, 4) is 0 Å². The van der Waals surface area contributed by atoms with Crippen molar-refractivity contribution in [1.82, 2.24) is 19.6 Å². The summed E-state index contributed by atoms with van der Waals surface area (Å²) in [6.45, 7) is 7.54. The van der Waals surface area contributed by atoms with Crippen LogP contribution in [0, 0.1) is 0 Å². The SMILES string of the molecule is CCN(CC)CCCNC(=O)Cc1cn2cc(C(F)(F)F)cc(Cl)c2n1. The molecule has 144 valence electrons. The topological polar surface area (TPSA) is 49.6 Å². The van der Waals surface area contributed by atoms with Crippen LogP contribution in [-0.2, 0) is 17.4 Å². The predicted octanol–water partition coefficient (Wildman–Crippen LogP) is 3.40. The molecule has 0 aromatic carbocycles. The van der Waals surface area contributed by atoms with Gasteiger partial charge in [-0.2, -0.15) is 13.2 Å². The van der Waals surface area contributed by atoms with Crippen molar-refractivity contribution in [2.24, 2.45) is 0 Å². The largest absolute Gasteiger partial charge is 0.417 e.